The zero-order chi connectivity index (χ0) is 19.8. The summed E-state index contributed by atoms with van der Waals surface area (Å²) in [7, 11) is 0. The van der Waals surface area contributed by atoms with Crippen LogP contribution >= 0.6 is 11.6 Å². The van der Waals surface area contributed by atoms with E-state index in [9.17, 15) is 4.79 Å². The second-order valence-corrected chi connectivity index (χ2v) is 7.44. The van der Waals surface area contributed by atoms with E-state index in [1.807, 2.05) is 54.6 Å². The molecule has 29 heavy (non-hydrogen) atoms. The highest BCUT2D eigenvalue weighted by Gasteiger charge is 2.15. The average molecular weight is 397 g/mol. The first-order valence-electron chi connectivity index (χ1n) is 9.43. The molecule has 1 aromatic heterocycles. The molecule has 0 amide bonds. The second-order valence-electron chi connectivity index (χ2n) is 7.00. The molecule has 0 atom stereocenters. The van der Waals surface area contributed by atoms with Crippen LogP contribution in [-0.4, -0.2) is 9.55 Å². The van der Waals surface area contributed by atoms with E-state index in [-0.39, 0.29) is 5.56 Å². The minimum Gasteiger partial charge on any atom is -0.288 e. The molecule has 0 spiro atoms. The lowest BCUT2D eigenvalue weighted by Crippen LogP contribution is -2.24. The predicted molar refractivity (Wildman–Crippen MR) is 119 cm³/mol. The number of halogens is 1. The maximum absolute atomic E-state index is 13.5. The van der Waals surface area contributed by atoms with Crippen LogP contribution in [0.25, 0.3) is 33.1 Å². The highest BCUT2D eigenvalue weighted by Crippen LogP contribution is 2.28. The predicted octanol–water partition coefficient (Wildman–Crippen LogP) is 5.92. The fraction of sp³-hybridized carbons (Fsp3) is 0.0400. The van der Waals surface area contributed by atoms with Crippen LogP contribution in [0.2, 0.25) is 5.02 Å². The first kappa shape index (κ1) is 17.7. The van der Waals surface area contributed by atoms with Crippen molar-refractivity contribution in [3.63, 3.8) is 0 Å². The Bertz CT molecular complexity index is 1400. The third-order valence-electron chi connectivity index (χ3n) is 5.13. The lowest BCUT2D eigenvalue weighted by atomic mass is 10.0. The normalized spacial score (nSPS) is 11.2. The van der Waals surface area contributed by atoms with Crippen molar-refractivity contribution < 1.29 is 0 Å². The van der Waals surface area contributed by atoms with E-state index >= 15 is 0 Å². The van der Waals surface area contributed by atoms with Gasteiger partial charge in [0.25, 0.3) is 5.56 Å². The van der Waals surface area contributed by atoms with Crippen molar-refractivity contribution in [2.45, 2.75) is 6.54 Å². The van der Waals surface area contributed by atoms with Crippen LogP contribution in [0.15, 0.2) is 95.8 Å². The fourth-order valence-electron chi connectivity index (χ4n) is 3.73. The summed E-state index contributed by atoms with van der Waals surface area (Å²) in [6, 6.07) is 29.4. The summed E-state index contributed by atoms with van der Waals surface area (Å²) in [6.07, 6.45) is 0. The molecule has 4 aromatic carbocycles. The smallest absolute Gasteiger partial charge is 0.261 e. The molecule has 0 saturated carbocycles. The number of benzene rings is 4. The van der Waals surface area contributed by atoms with Gasteiger partial charge in [0.1, 0.15) is 5.82 Å². The van der Waals surface area contributed by atoms with Crippen LogP contribution in [0, 0.1) is 0 Å². The minimum atomic E-state index is -0.0709. The van der Waals surface area contributed by atoms with Gasteiger partial charge in [0.2, 0.25) is 0 Å². The molecule has 0 radical (unpaired) electrons. The van der Waals surface area contributed by atoms with Gasteiger partial charge in [0, 0.05) is 10.6 Å². The SMILES string of the molecule is O=c1c2ccc(Cl)cc2nc(-c2cccc3ccccc23)n1Cc1ccccc1. The van der Waals surface area contributed by atoms with E-state index in [0.29, 0.717) is 28.3 Å². The molecule has 0 fully saturated rings. The lowest BCUT2D eigenvalue weighted by Gasteiger charge is -2.15. The highest BCUT2D eigenvalue weighted by atomic mass is 35.5. The van der Waals surface area contributed by atoms with Crippen LogP contribution in [0.4, 0.5) is 0 Å². The van der Waals surface area contributed by atoms with E-state index in [4.69, 9.17) is 16.6 Å². The topological polar surface area (TPSA) is 34.9 Å². The quantitative estimate of drug-likeness (QED) is 0.379. The number of hydrogen-bond donors (Lipinski definition) is 0. The third kappa shape index (κ3) is 3.20. The number of hydrogen-bond acceptors (Lipinski definition) is 2. The molecule has 0 unspecified atom stereocenters. The minimum absolute atomic E-state index is 0.0709. The highest BCUT2D eigenvalue weighted by molar-refractivity contribution is 6.31. The Hall–Kier alpha value is -3.43. The second kappa shape index (κ2) is 7.19. The summed E-state index contributed by atoms with van der Waals surface area (Å²) in [5.41, 5.74) is 2.51. The van der Waals surface area contributed by atoms with Gasteiger partial charge in [-0.2, -0.15) is 0 Å². The molecule has 4 heteroatoms. The van der Waals surface area contributed by atoms with Crippen LogP contribution in [0.5, 0.6) is 0 Å². The largest absolute Gasteiger partial charge is 0.288 e. The van der Waals surface area contributed by atoms with Crippen molar-refractivity contribution in [3.8, 4) is 11.4 Å². The van der Waals surface area contributed by atoms with Gasteiger partial charge < -0.3 is 0 Å². The van der Waals surface area contributed by atoms with Crippen molar-refractivity contribution in [2.24, 2.45) is 0 Å². The van der Waals surface area contributed by atoms with Crippen molar-refractivity contribution in [3.05, 3.63) is 112 Å². The molecule has 0 aliphatic carbocycles. The van der Waals surface area contributed by atoms with Gasteiger partial charge in [-0.25, -0.2) is 4.98 Å². The molecule has 0 aliphatic heterocycles. The Morgan fingerprint density at radius 3 is 2.41 bits per heavy atom. The number of fused-ring (bicyclic) bond motifs is 2. The monoisotopic (exact) mass is 396 g/mol. The molecule has 3 nitrogen and oxygen atoms in total. The zero-order valence-corrected chi connectivity index (χ0v) is 16.3. The summed E-state index contributed by atoms with van der Waals surface area (Å²) >= 11 is 6.19. The maximum Gasteiger partial charge on any atom is 0.261 e. The first-order chi connectivity index (χ1) is 14.2. The Balaban J connectivity index is 1.85. The van der Waals surface area contributed by atoms with Gasteiger partial charge in [0.05, 0.1) is 17.4 Å². The molecule has 0 N–H and O–H groups in total. The van der Waals surface area contributed by atoms with E-state index in [1.165, 1.54) is 0 Å². The Kier molecular flexibility index (Phi) is 4.38. The molecule has 140 valence electrons. The summed E-state index contributed by atoms with van der Waals surface area (Å²) in [6.45, 7) is 0.448. The van der Waals surface area contributed by atoms with E-state index in [0.717, 1.165) is 21.9 Å². The summed E-state index contributed by atoms with van der Waals surface area (Å²) in [5.74, 6) is 0.644. The molecule has 0 aliphatic rings. The Morgan fingerprint density at radius 1 is 0.793 bits per heavy atom. The number of aromatic nitrogens is 2. The maximum atomic E-state index is 13.5. The molecular weight excluding hydrogens is 380 g/mol. The van der Waals surface area contributed by atoms with Gasteiger partial charge in [-0.3, -0.25) is 9.36 Å². The molecule has 0 saturated heterocycles. The van der Waals surface area contributed by atoms with E-state index in [2.05, 4.69) is 18.2 Å². The van der Waals surface area contributed by atoms with Crippen LogP contribution < -0.4 is 5.56 Å². The van der Waals surface area contributed by atoms with Gasteiger partial charge >= 0.3 is 0 Å². The molecule has 1 heterocycles. The standard InChI is InChI=1S/C25H17ClN2O/c26-19-13-14-22-23(15-19)27-24(21-12-6-10-18-9-4-5-11-20(18)21)28(25(22)29)16-17-7-2-1-3-8-17/h1-15H,16H2. The fourth-order valence-corrected chi connectivity index (χ4v) is 3.90. The van der Waals surface area contributed by atoms with Gasteiger partial charge in [-0.15, -0.1) is 0 Å². The van der Waals surface area contributed by atoms with Gasteiger partial charge in [-0.1, -0.05) is 84.4 Å². The number of nitrogens with zero attached hydrogens (tertiary/aromatic N) is 2. The van der Waals surface area contributed by atoms with E-state index in [1.54, 1.807) is 22.8 Å². The van der Waals surface area contributed by atoms with Crippen molar-refractivity contribution in [2.75, 3.05) is 0 Å². The molecule has 5 rings (SSSR count). The van der Waals surface area contributed by atoms with Gasteiger partial charge in [-0.05, 0) is 34.5 Å². The van der Waals surface area contributed by atoms with Crippen molar-refractivity contribution >= 4 is 33.3 Å². The van der Waals surface area contributed by atoms with E-state index < -0.39 is 0 Å². The summed E-state index contributed by atoms with van der Waals surface area (Å²) < 4.78 is 1.76. The molecule has 0 bridgehead atoms. The first-order valence-corrected chi connectivity index (χ1v) is 9.81. The van der Waals surface area contributed by atoms with Gasteiger partial charge in [0.15, 0.2) is 0 Å². The summed E-state index contributed by atoms with van der Waals surface area (Å²) in [5, 5.41) is 3.30. The van der Waals surface area contributed by atoms with Crippen LogP contribution in [-0.2, 0) is 6.54 Å². The third-order valence-corrected chi connectivity index (χ3v) is 5.37. The molecular formula is C25H17ClN2O. The Morgan fingerprint density at radius 2 is 1.55 bits per heavy atom. The number of rotatable bonds is 3. The zero-order valence-electron chi connectivity index (χ0n) is 15.5. The Labute approximate surface area is 172 Å². The average Bonchev–Trinajstić information content (AvgIpc) is 2.76. The lowest BCUT2D eigenvalue weighted by molar-refractivity contribution is 0.760. The summed E-state index contributed by atoms with van der Waals surface area (Å²) in [4.78, 5) is 18.3. The van der Waals surface area contributed by atoms with Crippen molar-refractivity contribution in [1.29, 1.82) is 0 Å². The van der Waals surface area contributed by atoms with Crippen molar-refractivity contribution in [1.82, 2.24) is 9.55 Å². The van der Waals surface area contributed by atoms with Crippen LogP contribution in [0.1, 0.15) is 5.56 Å². The molecule has 5 aromatic rings. The van der Waals surface area contributed by atoms with Crippen LogP contribution in [0.3, 0.4) is 0 Å².